The molecular formula is C64H50. The van der Waals surface area contributed by atoms with Crippen LogP contribution in [0.15, 0.2) is 255 Å². The maximum atomic E-state index is 2.38. The van der Waals surface area contributed by atoms with E-state index in [4.69, 9.17) is 0 Å². The smallest absolute Gasteiger partial charge is 0.0342 e. The van der Waals surface area contributed by atoms with E-state index in [1.807, 2.05) is 0 Å². The number of hydrogen-bond donors (Lipinski definition) is 0. The summed E-state index contributed by atoms with van der Waals surface area (Å²) < 4.78 is 0. The second-order valence-electron chi connectivity index (χ2n) is 17.0. The highest BCUT2D eigenvalue weighted by Gasteiger charge is 2.22. The minimum Gasteiger partial charge on any atom is -0.0622 e. The molecule has 0 heterocycles. The summed E-state index contributed by atoms with van der Waals surface area (Å²) in [5.74, 6) is 0.158. The van der Waals surface area contributed by atoms with Crippen molar-refractivity contribution in [3.63, 3.8) is 0 Å². The van der Waals surface area contributed by atoms with E-state index < -0.39 is 0 Å². The number of hydrogen-bond acceptors (Lipinski definition) is 0. The van der Waals surface area contributed by atoms with Gasteiger partial charge in [0, 0.05) is 11.8 Å². The molecule has 0 N–H and O–H groups in total. The van der Waals surface area contributed by atoms with Gasteiger partial charge in [-0.3, -0.25) is 0 Å². The summed E-state index contributed by atoms with van der Waals surface area (Å²) in [7, 11) is 0. The monoisotopic (exact) mass is 818 g/mol. The summed E-state index contributed by atoms with van der Waals surface area (Å²) in [6.07, 6.45) is 0. The molecule has 0 heteroatoms. The number of aryl methyl sites for hydroxylation is 2. The summed E-state index contributed by atoms with van der Waals surface area (Å²) in [5.41, 5.74) is 22.6. The van der Waals surface area contributed by atoms with Gasteiger partial charge in [0.15, 0.2) is 0 Å². The molecule has 0 aromatic heterocycles. The maximum Gasteiger partial charge on any atom is 0.0342 e. The van der Waals surface area contributed by atoms with Crippen LogP contribution < -0.4 is 0 Å². The van der Waals surface area contributed by atoms with E-state index in [0.717, 1.165) is 0 Å². The Morgan fingerprint density at radius 2 is 0.406 bits per heavy atom. The minimum atomic E-state index is 0.0788. The summed E-state index contributed by atoms with van der Waals surface area (Å²) >= 11 is 0. The predicted octanol–water partition coefficient (Wildman–Crippen LogP) is 17.0. The van der Waals surface area contributed by atoms with Gasteiger partial charge in [0.05, 0.1) is 0 Å². The zero-order valence-corrected chi connectivity index (χ0v) is 36.4. The third-order valence-corrected chi connectivity index (χ3v) is 12.9. The van der Waals surface area contributed by atoms with Gasteiger partial charge in [-0.05, 0) is 114 Å². The molecule has 64 heavy (non-hydrogen) atoms. The Hall–Kier alpha value is -7.80. The molecule has 10 aromatic rings. The largest absolute Gasteiger partial charge is 0.0622 e. The van der Waals surface area contributed by atoms with Crippen LogP contribution in [0.3, 0.4) is 0 Å². The van der Waals surface area contributed by atoms with Crippen molar-refractivity contribution in [2.45, 2.75) is 25.7 Å². The van der Waals surface area contributed by atoms with Crippen molar-refractivity contribution in [1.29, 1.82) is 0 Å². The fourth-order valence-electron chi connectivity index (χ4n) is 9.46. The Morgan fingerprint density at radius 3 is 0.625 bits per heavy atom. The molecule has 10 rings (SSSR count). The van der Waals surface area contributed by atoms with Gasteiger partial charge >= 0.3 is 0 Å². The molecule has 0 bridgehead atoms. The van der Waals surface area contributed by atoms with Gasteiger partial charge < -0.3 is 0 Å². The molecule has 10 aromatic carbocycles. The third kappa shape index (κ3) is 8.52. The van der Waals surface area contributed by atoms with Crippen molar-refractivity contribution in [3.05, 3.63) is 299 Å². The van der Waals surface area contributed by atoms with Crippen LogP contribution in [0.1, 0.15) is 56.3 Å². The molecule has 0 nitrogen and oxygen atoms in total. The van der Waals surface area contributed by atoms with Gasteiger partial charge in [-0.1, -0.05) is 255 Å². The van der Waals surface area contributed by atoms with E-state index in [9.17, 15) is 0 Å². The van der Waals surface area contributed by atoms with Crippen molar-refractivity contribution in [1.82, 2.24) is 0 Å². The summed E-state index contributed by atoms with van der Waals surface area (Å²) in [6, 6.07) is 93.4. The van der Waals surface area contributed by atoms with E-state index in [1.165, 1.54) is 100 Å². The molecule has 0 spiro atoms. The Kier molecular flexibility index (Phi) is 11.5. The predicted molar refractivity (Wildman–Crippen MR) is 271 cm³/mol. The molecule has 0 amide bonds. The lowest BCUT2D eigenvalue weighted by molar-refractivity contribution is 0.961. The molecule has 306 valence electrons. The first-order chi connectivity index (χ1) is 31.6. The first-order valence-corrected chi connectivity index (χ1v) is 22.4. The van der Waals surface area contributed by atoms with Crippen LogP contribution in [0, 0.1) is 13.8 Å². The zero-order chi connectivity index (χ0) is 43.2. The van der Waals surface area contributed by atoms with Crippen LogP contribution >= 0.6 is 0 Å². The fourth-order valence-corrected chi connectivity index (χ4v) is 9.46. The van der Waals surface area contributed by atoms with Gasteiger partial charge in [0.2, 0.25) is 0 Å². The Labute approximate surface area is 378 Å². The highest BCUT2D eigenvalue weighted by atomic mass is 14.3. The SMILES string of the molecule is Cc1cc(-c2ccc(C(c3ccc(-c4ccccc4)cc3)c3ccc(-c4ccccc4)cc3)c(C)c2)ccc1C(c1ccc(-c2ccccc2)cc1)c1ccc(-c2ccccc2)cc1. The average Bonchev–Trinajstić information content (AvgIpc) is 3.37. The van der Waals surface area contributed by atoms with Gasteiger partial charge in [-0.25, -0.2) is 0 Å². The molecule has 0 aliphatic rings. The number of benzene rings is 10. The van der Waals surface area contributed by atoms with Crippen LogP contribution in [0.4, 0.5) is 0 Å². The van der Waals surface area contributed by atoms with Crippen molar-refractivity contribution in [3.8, 4) is 55.6 Å². The fraction of sp³-hybridized carbons (Fsp3) is 0.0625. The summed E-state index contributed by atoms with van der Waals surface area (Å²) in [4.78, 5) is 0. The van der Waals surface area contributed by atoms with Gasteiger partial charge in [0.1, 0.15) is 0 Å². The van der Waals surface area contributed by atoms with Crippen LogP contribution in [0.25, 0.3) is 55.6 Å². The second kappa shape index (κ2) is 18.3. The van der Waals surface area contributed by atoms with Gasteiger partial charge in [-0.15, -0.1) is 0 Å². The van der Waals surface area contributed by atoms with Crippen molar-refractivity contribution < 1.29 is 0 Å². The molecular weight excluding hydrogens is 769 g/mol. The van der Waals surface area contributed by atoms with E-state index >= 15 is 0 Å². The molecule has 0 radical (unpaired) electrons. The van der Waals surface area contributed by atoms with Crippen LogP contribution in [0.2, 0.25) is 0 Å². The zero-order valence-electron chi connectivity index (χ0n) is 36.4. The van der Waals surface area contributed by atoms with Crippen LogP contribution in [0.5, 0.6) is 0 Å². The molecule has 0 fully saturated rings. The lowest BCUT2D eigenvalue weighted by atomic mass is 9.80. The Bertz CT molecular complexity index is 2710. The lowest BCUT2D eigenvalue weighted by Gasteiger charge is -2.23. The molecule has 0 saturated heterocycles. The van der Waals surface area contributed by atoms with E-state index in [1.54, 1.807) is 0 Å². The first kappa shape index (κ1) is 40.3. The maximum absolute atomic E-state index is 2.38. The van der Waals surface area contributed by atoms with Crippen molar-refractivity contribution in [2.75, 3.05) is 0 Å². The van der Waals surface area contributed by atoms with Crippen molar-refractivity contribution >= 4 is 0 Å². The van der Waals surface area contributed by atoms with Gasteiger partial charge in [-0.2, -0.15) is 0 Å². The standard InChI is InChI=1S/C64H50/c1-45-43-59(39-41-61(45)63(55-31-23-51(24-32-55)47-15-7-3-8-16-47)56-33-25-52(26-34-56)48-17-9-4-10-18-48)60-40-42-62(46(2)44-60)64(57-35-27-53(28-36-57)49-19-11-5-12-20-49)58-37-29-54(30-38-58)50-21-13-6-14-22-50/h3-44,63-64H,1-2H3. The van der Waals surface area contributed by atoms with Crippen molar-refractivity contribution in [2.24, 2.45) is 0 Å². The highest BCUT2D eigenvalue weighted by molar-refractivity contribution is 5.71. The first-order valence-electron chi connectivity index (χ1n) is 22.4. The third-order valence-electron chi connectivity index (χ3n) is 12.9. The van der Waals surface area contributed by atoms with Gasteiger partial charge in [0.25, 0.3) is 0 Å². The lowest BCUT2D eigenvalue weighted by Crippen LogP contribution is -2.06. The topological polar surface area (TPSA) is 0 Å². The van der Waals surface area contributed by atoms with E-state index in [0.29, 0.717) is 0 Å². The molecule has 0 aliphatic carbocycles. The van der Waals surface area contributed by atoms with E-state index in [-0.39, 0.29) is 11.8 Å². The summed E-state index contributed by atoms with van der Waals surface area (Å²) in [5, 5.41) is 0. The molecule has 0 saturated carbocycles. The molecule has 0 aliphatic heterocycles. The second-order valence-corrected chi connectivity index (χ2v) is 17.0. The summed E-state index contributed by atoms with van der Waals surface area (Å²) in [6.45, 7) is 4.55. The van der Waals surface area contributed by atoms with Crippen LogP contribution in [-0.4, -0.2) is 0 Å². The molecule has 0 atom stereocenters. The number of rotatable bonds is 11. The Morgan fingerprint density at radius 1 is 0.203 bits per heavy atom. The average molecular weight is 819 g/mol. The van der Waals surface area contributed by atoms with Crippen LogP contribution in [-0.2, 0) is 0 Å². The highest BCUT2D eigenvalue weighted by Crippen LogP contribution is 2.40. The minimum absolute atomic E-state index is 0.0788. The normalized spacial score (nSPS) is 11.2. The Balaban J connectivity index is 0.995. The quantitative estimate of drug-likeness (QED) is 0.114. The van der Waals surface area contributed by atoms with E-state index in [2.05, 4.69) is 269 Å². The molecule has 0 unspecified atom stereocenters.